The predicted molar refractivity (Wildman–Crippen MR) is 90.4 cm³/mol. The zero-order valence-electron chi connectivity index (χ0n) is 13.1. The van der Waals surface area contributed by atoms with E-state index in [1.807, 2.05) is 24.3 Å². The van der Waals surface area contributed by atoms with Gasteiger partial charge in [-0.1, -0.05) is 5.16 Å². The number of hydrogen-bond donors (Lipinski definition) is 0. The van der Waals surface area contributed by atoms with E-state index in [9.17, 15) is 0 Å². The Balaban J connectivity index is 1.47. The normalized spacial score (nSPS) is 15.2. The number of ether oxygens (including phenoxy) is 1. The summed E-state index contributed by atoms with van der Waals surface area (Å²) in [4.78, 5) is 6.69. The summed E-state index contributed by atoms with van der Waals surface area (Å²) < 4.78 is 15.9. The third-order valence-corrected chi connectivity index (χ3v) is 3.88. The Kier molecular flexibility index (Phi) is 4.12. The van der Waals surface area contributed by atoms with Crippen molar-refractivity contribution in [1.82, 2.24) is 10.1 Å². The molecular weight excluding hydrogens is 306 g/mol. The van der Waals surface area contributed by atoms with Crippen LogP contribution in [0.1, 0.15) is 11.7 Å². The van der Waals surface area contributed by atoms with E-state index in [4.69, 9.17) is 13.7 Å². The summed E-state index contributed by atoms with van der Waals surface area (Å²) in [5.74, 6) is 1.76. The van der Waals surface area contributed by atoms with E-state index >= 15 is 0 Å². The third-order valence-electron chi connectivity index (χ3n) is 3.88. The van der Waals surface area contributed by atoms with E-state index in [1.54, 1.807) is 18.4 Å². The summed E-state index contributed by atoms with van der Waals surface area (Å²) in [6.45, 7) is 3.39. The van der Waals surface area contributed by atoms with Crippen molar-refractivity contribution in [3.05, 3.63) is 54.3 Å². The number of hydrogen-bond acceptors (Lipinski definition) is 6. The van der Waals surface area contributed by atoms with Crippen LogP contribution in [0, 0.1) is 0 Å². The molecule has 1 fully saturated rings. The number of nitrogens with zero attached hydrogens (tertiary/aromatic N) is 3. The van der Waals surface area contributed by atoms with Gasteiger partial charge in [-0.25, -0.2) is 0 Å². The Morgan fingerprint density at radius 1 is 1.00 bits per heavy atom. The molecule has 2 aromatic heterocycles. The van der Waals surface area contributed by atoms with E-state index in [1.165, 1.54) is 5.69 Å². The van der Waals surface area contributed by atoms with E-state index < -0.39 is 0 Å². The lowest BCUT2D eigenvalue weighted by atomic mass is 10.2. The first kappa shape index (κ1) is 14.7. The molecule has 0 saturated carbocycles. The molecular formula is C18H17N3O3. The summed E-state index contributed by atoms with van der Waals surface area (Å²) in [7, 11) is 0. The lowest BCUT2D eigenvalue weighted by molar-refractivity contribution is 0.122. The Hall–Kier alpha value is -2.86. The quantitative estimate of drug-likeness (QED) is 0.734. The summed E-state index contributed by atoms with van der Waals surface area (Å²) >= 11 is 0. The van der Waals surface area contributed by atoms with E-state index in [0.717, 1.165) is 37.6 Å². The molecule has 3 heterocycles. The maximum atomic E-state index is 5.38. The maximum absolute atomic E-state index is 5.38. The molecule has 0 N–H and O–H groups in total. The van der Waals surface area contributed by atoms with Crippen LogP contribution in [0.5, 0.6) is 0 Å². The molecule has 6 heteroatoms. The SMILES string of the molecule is C(=C\c1nc(-c2ccc(N3CCOCC3)cc2)no1)/c1ccco1. The van der Waals surface area contributed by atoms with E-state index in [-0.39, 0.29) is 0 Å². The Morgan fingerprint density at radius 2 is 1.83 bits per heavy atom. The highest BCUT2D eigenvalue weighted by Crippen LogP contribution is 2.22. The molecule has 1 aromatic carbocycles. The molecule has 4 rings (SSSR count). The fourth-order valence-corrected chi connectivity index (χ4v) is 2.60. The van der Waals surface area contributed by atoms with Crippen LogP contribution in [0.3, 0.4) is 0 Å². The third kappa shape index (κ3) is 3.23. The van der Waals surface area contributed by atoms with Crippen molar-refractivity contribution in [2.24, 2.45) is 0 Å². The Morgan fingerprint density at radius 3 is 2.58 bits per heavy atom. The topological polar surface area (TPSA) is 64.5 Å². The van der Waals surface area contributed by atoms with Crippen molar-refractivity contribution in [1.29, 1.82) is 0 Å². The Labute approximate surface area is 139 Å². The number of morpholine rings is 1. The van der Waals surface area contributed by atoms with E-state index in [2.05, 4.69) is 27.2 Å². The zero-order chi connectivity index (χ0) is 16.2. The molecule has 3 aromatic rings. The van der Waals surface area contributed by atoms with Gasteiger partial charge in [0.2, 0.25) is 5.82 Å². The first-order chi connectivity index (χ1) is 11.9. The van der Waals surface area contributed by atoms with Gasteiger partial charge < -0.3 is 18.6 Å². The van der Waals surface area contributed by atoms with Crippen LogP contribution < -0.4 is 4.90 Å². The molecule has 6 nitrogen and oxygen atoms in total. The van der Waals surface area contributed by atoms with Gasteiger partial charge in [-0.3, -0.25) is 0 Å². The fraction of sp³-hybridized carbons (Fsp3) is 0.222. The molecule has 1 aliphatic rings. The van der Waals surface area contributed by atoms with Gasteiger partial charge in [-0.05, 0) is 42.5 Å². The number of rotatable bonds is 4. The highest BCUT2D eigenvalue weighted by Gasteiger charge is 2.12. The Bertz CT molecular complexity index is 800. The average Bonchev–Trinajstić information content (AvgIpc) is 3.33. The molecule has 0 bridgehead atoms. The second-order valence-electron chi connectivity index (χ2n) is 5.45. The summed E-state index contributed by atoms with van der Waals surface area (Å²) in [6, 6.07) is 11.9. The zero-order valence-corrected chi connectivity index (χ0v) is 13.1. The minimum Gasteiger partial charge on any atom is -0.465 e. The average molecular weight is 323 g/mol. The molecule has 0 amide bonds. The second-order valence-corrected chi connectivity index (χ2v) is 5.45. The molecule has 122 valence electrons. The molecule has 0 spiro atoms. The minimum atomic E-state index is 0.443. The van der Waals surface area contributed by atoms with Crippen molar-refractivity contribution in [2.45, 2.75) is 0 Å². The van der Waals surface area contributed by atoms with Gasteiger partial charge in [0.15, 0.2) is 0 Å². The highest BCUT2D eigenvalue weighted by atomic mass is 16.5. The van der Waals surface area contributed by atoms with Crippen molar-refractivity contribution >= 4 is 17.8 Å². The van der Waals surface area contributed by atoms with Crippen LogP contribution in [0.25, 0.3) is 23.5 Å². The van der Waals surface area contributed by atoms with Crippen LogP contribution in [0.2, 0.25) is 0 Å². The van der Waals surface area contributed by atoms with Crippen molar-refractivity contribution in [3.63, 3.8) is 0 Å². The maximum Gasteiger partial charge on any atom is 0.251 e. The van der Waals surface area contributed by atoms with Crippen LogP contribution in [-0.2, 0) is 4.74 Å². The fourth-order valence-electron chi connectivity index (χ4n) is 2.60. The number of aromatic nitrogens is 2. The van der Waals surface area contributed by atoms with E-state index in [0.29, 0.717) is 11.7 Å². The van der Waals surface area contributed by atoms with Gasteiger partial charge in [0.1, 0.15) is 5.76 Å². The molecule has 1 aliphatic heterocycles. The van der Waals surface area contributed by atoms with Gasteiger partial charge in [-0.2, -0.15) is 4.98 Å². The number of furan rings is 1. The van der Waals surface area contributed by atoms with Gasteiger partial charge in [0.25, 0.3) is 5.89 Å². The lowest BCUT2D eigenvalue weighted by Crippen LogP contribution is -2.36. The first-order valence-electron chi connectivity index (χ1n) is 7.87. The number of anilines is 1. The lowest BCUT2D eigenvalue weighted by Gasteiger charge is -2.28. The highest BCUT2D eigenvalue weighted by molar-refractivity contribution is 5.65. The summed E-state index contributed by atoms with van der Waals surface area (Å²) in [5.41, 5.74) is 2.11. The molecule has 24 heavy (non-hydrogen) atoms. The smallest absolute Gasteiger partial charge is 0.251 e. The van der Waals surface area contributed by atoms with Crippen molar-refractivity contribution < 1.29 is 13.7 Å². The predicted octanol–water partition coefficient (Wildman–Crippen LogP) is 3.34. The molecule has 1 saturated heterocycles. The van der Waals surface area contributed by atoms with Crippen LogP contribution in [0.15, 0.2) is 51.6 Å². The van der Waals surface area contributed by atoms with Crippen molar-refractivity contribution in [3.8, 4) is 11.4 Å². The monoisotopic (exact) mass is 323 g/mol. The number of benzene rings is 1. The second kappa shape index (κ2) is 6.72. The summed E-state index contributed by atoms with van der Waals surface area (Å²) in [6.07, 6.45) is 5.14. The van der Waals surface area contributed by atoms with Gasteiger partial charge in [0, 0.05) is 30.4 Å². The molecule has 0 radical (unpaired) electrons. The van der Waals surface area contributed by atoms with Gasteiger partial charge >= 0.3 is 0 Å². The molecule has 0 unspecified atom stereocenters. The van der Waals surface area contributed by atoms with Gasteiger partial charge in [0.05, 0.1) is 19.5 Å². The largest absolute Gasteiger partial charge is 0.465 e. The van der Waals surface area contributed by atoms with Crippen molar-refractivity contribution in [2.75, 3.05) is 31.2 Å². The van der Waals surface area contributed by atoms with Crippen LogP contribution >= 0.6 is 0 Å². The summed E-state index contributed by atoms with van der Waals surface area (Å²) in [5, 5.41) is 4.03. The minimum absolute atomic E-state index is 0.443. The standard InChI is InChI=1S/C18H17N3O3/c1-2-16(23-11-1)7-8-17-19-18(20-24-17)14-3-5-15(6-4-14)21-9-12-22-13-10-21/h1-8,11H,9-10,12-13H2/b8-7+. The molecule has 0 atom stereocenters. The first-order valence-corrected chi connectivity index (χ1v) is 7.87. The van der Waals surface area contributed by atoms with Crippen LogP contribution in [-0.4, -0.2) is 36.4 Å². The van der Waals surface area contributed by atoms with Crippen LogP contribution in [0.4, 0.5) is 5.69 Å². The van der Waals surface area contributed by atoms with Gasteiger partial charge in [-0.15, -0.1) is 0 Å². The molecule has 0 aliphatic carbocycles.